The summed E-state index contributed by atoms with van der Waals surface area (Å²) >= 11 is 0. The van der Waals surface area contributed by atoms with Gasteiger partial charge in [-0.15, -0.1) is 0 Å². The molecular weight excluding hydrogens is 435 g/mol. The van der Waals surface area contributed by atoms with Gasteiger partial charge in [-0.05, 0) is 55.0 Å². The van der Waals surface area contributed by atoms with Crippen LogP contribution in [0.25, 0.3) is 11.4 Å². The number of benzene rings is 1. The van der Waals surface area contributed by atoms with Gasteiger partial charge in [0.15, 0.2) is 5.82 Å². The van der Waals surface area contributed by atoms with Crippen LogP contribution in [-0.4, -0.2) is 22.7 Å². The summed E-state index contributed by atoms with van der Waals surface area (Å²) in [4.78, 5) is 9.12. The van der Waals surface area contributed by atoms with E-state index < -0.39 is 6.17 Å². The number of aromatic nitrogens is 2. The highest BCUT2D eigenvalue weighted by Crippen LogP contribution is 2.22. The minimum Gasteiger partial charge on any atom is -0.491 e. The molecule has 1 heterocycles. The number of hydrogen-bond acceptors (Lipinski definition) is 3. The summed E-state index contributed by atoms with van der Waals surface area (Å²) < 4.78 is 20.0. The minimum atomic E-state index is -0.923. The maximum Gasteiger partial charge on any atom is 0.159 e. The van der Waals surface area contributed by atoms with Crippen molar-refractivity contribution in [2.24, 2.45) is 5.92 Å². The van der Waals surface area contributed by atoms with Gasteiger partial charge in [0.25, 0.3) is 0 Å². The van der Waals surface area contributed by atoms with E-state index in [0.29, 0.717) is 18.1 Å². The zero-order valence-electron chi connectivity index (χ0n) is 22.6. The number of alkyl halides is 1. The highest BCUT2D eigenvalue weighted by atomic mass is 19.1. The van der Waals surface area contributed by atoms with Crippen LogP contribution in [-0.2, 0) is 6.42 Å². The van der Waals surface area contributed by atoms with E-state index in [9.17, 15) is 4.39 Å². The molecule has 2 unspecified atom stereocenters. The predicted octanol–water partition coefficient (Wildman–Crippen LogP) is 9.54. The van der Waals surface area contributed by atoms with Gasteiger partial charge in [-0.2, -0.15) is 0 Å². The molecule has 0 spiro atoms. The fourth-order valence-electron chi connectivity index (χ4n) is 4.52. The fourth-order valence-corrected chi connectivity index (χ4v) is 4.52. The Morgan fingerprint density at radius 3 is 1.97 bits per heavy atom. The van der Waals surface area contributed by atoms with E-state index in [-0.39, 0.29) is 6.61 Å². The highest BCUT2D eigenvalue weighted by molar-refractivity contribution is 5.55. The maximum atomic E-state index is 14.3. The summed E-state index contributed by atoms with van der Waals surface area (Å²) in [6.07, 6.45) is 21.4. The fraction of sp³-hybridized carbons (Fsp3) is 0.677. The zero-order valence-corrected chi connectivity index (χ0v) is 22.6. The first-order chi connectivity index (χ1) is 17.1. The monoisotopic (exact) mass is 484 g/mol. The molecular formula is C31H49FN2O. The molecule has 0 bridgehead atoms. The predicted molar refractivity (Wildman–Crippen MR) is 147 cm³/mol. The average molecular weight is 485 g/mol. The van der Waals surface area contributed by atoms with Crippen LogP contribution in [0.1, 0.15) is 116 Å². The number of unbranched alkanes of at least 4 members (excludes halogenated alkanes) is 10. The summed E-state index contributed by atoms with van der Waals surface area (Å²) in [6, 6.07) is 7.66. The smallest absolute Gasteiger partial charge is 0.159 e. The quantitative estimate of drug-likeness (QED) is 0.175. The van der Waals surface area contributed by atoms with Crippen LogP contribution in [0.5, 0.6) is 5.75 Å². The van der Waals surface area contributed by atoms with E-state index in [1.165, 1.54) is 82.6 Å². The van der Waals surface area contributed by atoms with Gasteiger partial charge in [-0.3, -0.25) is 0 Å². The Morgan fingerprint density at radius 2 is 1.34 bits per heavy atom. The molecule has 4 heteroatoms. The minimum absolute atomic E-state index is 0.113. The molecule has 35 heavy (non-hydrogen) atoms. The van der Waals surface area contributed by atoms with Crippen molar-refractivity contribution in [2.75, 3.05) is 6.61 Å². The molecule has 0 aliphatic rings. The van der Waals surface area contributed by atoms with Gasteiger partial charge in [-0.1, -0.05) is 97.8 Å². The van der Waals surface area contributed by atoms with Gasteiger partial charge in [0.1, 0.15) is 18.5 Å². The standard InChI is InChI=1S/C31H49FN2O/c1-4-6-8-9-10-11-12-13-15-17-27-23-33-31(34-24-27)28-18-20-30(21-19-28)35-25-29(32)22-26(3)16-14-7-5-2/h18-21,23-24,26,29H,4-17,22,25H2,1-3H3. The molecule has 0 saturated carbocycles. The maximum absolute atomic E-state index is 14.3. The van der Waals surface area contributed by atoms with Gasteiger partial charge in [0.2, 0.25) is 0 Å². The Bertz CT molecular complexity index is 763. The van der Waals surface area contributed by atoms with Crippen LogP contribution >= 0.6 is 0 Å². The van der Waals surface area contributed by atoms with Gasteiger partial charge >= 0.3 is 0 Å². The van der Waals surface area contributed by atoms with E-state index in [2.05, 4.69) is 30.7 Å². The molecule has 0 aliphatic heterocycles. The second-order valence-corrected chi connectivity index (χ2v) is 10.3. The van der Waals surface area contributed by atoms with Gasteiger partial charge in [-0.25, -0.2) is 14.4 Å². The molecule has 2 aromatic rings. The Hall–Kier alpha value is -1.97. The van der Waals surface area contributed by atoms with E-state index in [1.54, 1.807) is 0 Å². The third-order valence-electron chi connectivity index (χ3n) is 6.78. The van der Waals surface area contributed by atoms with Crippen LogP contribution < -0.4 is 4.74 Å². The lowest BCUT2D eigenvalue weighted by Crippen LogP contribution is -2.16. The molecule has 0 saturated heterocycles. The van der Waals surface area contributed by atoms with E-state index in [4.69, 9.17) is 4.74 Å². The molecule has 0 aliphatic carbocycles. The molecule has 0 radical (unpaired) electrons. The molecule has 3 nitrogen and oxygen atoms in total. The molecule has 0 fully saturated rings. The van der Waals surface area contributed by atoms with E-state index in [1.807, 2.05) is 36.7 Å². The molecule has 2 rings (SSSR count). The first-order valence-corrected chi connectivity index (χ1v) is 14.3. The van der Waals surface area contributed by atoms with E-state index in [0.717, 1.165) is 24.2 Å². The zero-order chi connectivity index (χ0) is 25.1. The Morgan fingerprint density at radius 1 is 0.771 bits per heavy atom. The van der Waals surface area contributed by atoms with Crippen molar-refractivity contribution >= 4 is 0 Å². The van der Waals surface area contributed by atoms with Crippen molar-refractivity contribution in [2.45, 2.75) is 123 Å². The Kier molecular flexibility index (Phi) is 15.3. The van der Waals surface area contributed by atoms with Crippen molar-refractivity contribution in [1.29, 1.82) is 0 Å². The molecule has 0 N–H and O–H groups in total. The number of rotatable bonds is 20. The molecule has 1 aromatic carbocycles. The van der Waals surface area contributed by atoms with E-state index >= 15 is 0 Å². The van der Waals surface area contributed by atoms with Gasteiger partial charge < -0.3 is 4.74 Å². The Labute approximate surface area is 214 Å². The van der Waals surface area contributed by atoms with Gasteiger partial charge in [0.05, 0.1) is 0 Å². The average Bonchev–Trinajstić information content (AvgIpc) is 2.87. The molecule has 1 aromatic heterocycles. The number of aryl methyl sites for hydroxylation is 1. The summed E-state index contributed by atoms with van der Waals surface area (Å²) in [5.74, 6) is 1.82. The van der Waals surface area contributed by atoms with Crippen molar-refractivity contribution in [1.82, 2.24) is 9.97 Å². The molecule has 2 atom stereocenters. The lowest BCUT2D eigenvalue weighted by Gasteiger charge is -2.15. The number of halogens is 1. The summed E-state index contributed by atoms with van der Waals surface area (Å²) in [7, 11) is 0. The topological polar surface area (TPSA) is 35.0 Å². The van der Waals surface area contributed by atoms with Crippen LogP contribution in [0.4, 0.5) is 4.39 Å². The van der Waals surface area contributed by atoms with Crippen LogP contribution in [0, 0.1) is 5.92 Å². The van der Waals surface area contributed by atoms with Crippen molar-refractivity contribution in [3.63, 3.8) is 0 Å². The van der Waals surface area contributed by atoms with Crippen LogP contribution in [0.3, 0.4) is 0 Å². The second-order valence-electron chi connectivity index (χ2n) is 10.3. The van der Waals surface area contributed by atoms with Gasteiger partial charge in [0, 0.05) is 18.0 Å². The molecule has 196 valence electrons. The van der Waals surface area contributed by atoms with Crippen molar-refractivity contribution < 1.29 is 9.13 Å². The largest absolute Gasteiger partial charge is 0.491 e. The van der Waals surface area contributed by atoms with Crippen molar-refractivity contribution in [3.8, 4) is 17.1 Å². The number of hydrogen-bond donors (Lipinski definition) is 0. The summed E-state index contributed by atoms with van der Waals surface area (Å²) in [5.41, 5.74) is 2.16. The second kappa shape index (κ2) is 18.3. The Balaban J connectivity index is 1.65. The number of nitrogens with zero attached hydrogens (tertiary/aromatic N) is 2. The van der Waals surface area contributed by atoms with Crippen molar-refractivity contribution in [3.05, 3.63) is 42.2 Å². The third kappa shape index (κ3) is 13.1. The lowest BCUT2D eigenvalue weighted by molar-refractivity contribution is 0.168. The molecule has 0 amide bonds. The third-order valence-corrected chi connectivity index (χ3v) is 6.78. The van der Waals surface area contributed by atoms with Crippen LogP contribution in [0.2, 0.25) is 0 Å². The van der Waals surface area contributed by atoms with Crippen LogP contribution in [0.15, 0.2) is 36.7 Å². The highest BCUT2D eigenvalue weighted by Gasteiger charge is 2.13. The number of ether oxygens (including phenoxy) is 1. The first-order valence-electron chi connectivity index (χ1n) is 14.3. The summed E-state index contributed by atoms with van der Waals surface area (Å²) in [5, 5.41) is 0. The summed E-state index contributed by atoms with van der Waals surface area (Å²) in [6.45, 7) is 6.71. The SMILES string of the molecule is CCCCCCCCCCCc1cnc(-c2ccc(OCC(F)CC(C)CCCCC)cc2)nc1. The lowest BCUT2D eigenvalue weighted by atomic mass is 9.98. The first kappa shape index (κ1) is 29.3. The normalized spacial score (nSPS) is 13.0.